The molecule has 1 amide bonds. The molecule has 0 aliphatic heterocycles. The molecule has 1 unspecified atom stereocenters. The zero-order valence-electron chi connectivity index (χ0n) is 11.3. The number of carbonyl (C=O) groups is 1. The van der Waals surface area contributed by atoms with Crippen molar-refractivity contribution in [2.75, 3.05) is 0 Å². The van der Waals surface area contributed by atoms with Crippen molar-refractivity contribution in [1.29, 1.82) is 0 Å². The SMILES string of the molecule is CCC(C)(C)NC(=O)C(C)Oc1cccc(Br)c1. The van der Waals surface area contributed by atoms with Crippen LogP contribution in [0.25, 0.3) is 0 Å². The minimum Gasteiger partial charge on any atom is -0.481 e. The summed E-state index contributed by atoms with van der Waals surface area (Å²) in [6.45, 7) is 7.79. The summed E-state index contributed by atoms with van der Waals surface area (Å²) in [5, 5.41) is 2.96. The van der Waals surface area contributed by atoms with E-state index in [2.05, 4.69) is 21.2 Å². The first-order chi connectivity index (χ1) is 8.34. The third-order valence-corrected chi connectivity index (χ3v) is 3.32. The zero-order valence-corrected chi connectivity index (χ0v) is 12.9. The Bertz CT molecular complexity index is 418. The van der Waals surface area contributed by atoms with E-state index in [0.29, 0.717) is 5.75 Å². The van der Waals surface area contributed by atoms with Crippen molar-refractivity contribution >= 4 is 21.8 Å². The lowest BCUT2D eigenvalue weighted by Crippen LogP contribution is -2.48. The predicted octanol–water partition coefficient (Wildman–Crippen LogP) is 3.52. The maximum atomic E-state index is 12.0. The maximum Gasteiger partial charge on any atom is 0.261 e. The number of halogens is 1. The van der Waals surface area contributed by atoms with Crippen molar-refractivity contribution in [3.8, 4) is 5.75 Å². The van der Waals surface area contributed by atoms with Crippen LogP contribution in [0.4, 0.5) is 0 Å². The highest BCUT2D eigenvalue weighted by molar-refractivity contribution is 9.10. The van der Waals surface area contributed by atoms with Crippen LogP contribution in [-0.4, -0.2) is 17.6 Å². The Morgan fingerprint density at radius 1 is 1.50 bits per heavy atom. The minimum absolute atomic E-state index is 0.0955. The Hall–Kier alpha value is -1.03. The molecular weight excluding hydrogens is 294 g/mol. The van der Waals surface area contributed by atoms with Crippen LogP contribution in [0.3, 0.4) is 0 Å². The largest absolute Gasteiger partial charge is 0.481 e. The quantitative estimate of drug-likeness (QED) is 0.903. The van der Waals surface area contributed by atoms with Gasteiger partial charge < -0.3 is 10.1 Å². The zero-order chi connectivity index (χ0) is 13.8. The molecule has 0 saturated heterocycles. The van der Waals surface area contributed by atoms with Crippen molar-refractivity contribution in [3.63, 3.8) is 0 Å². The third kappa shape index (κ3) is 4.69. The Morgan fingerprint density at radius 2 is 2.17 bits per heavy atom. The van der Waals surface area contributed by atoms with E-state index in [1.165, 1.54) is 0 Å². The van der Waals surface area contributed by atoms with Gasteiger partial charge in [0.2, 0.25) is 0 Å². The molecule has 4 heteroatoms. The molecule has 0 spiro atoms. The lowest BCUT2D eigenvalue weighted by molar-refractivity contribution is -0.128. The van der Waals surface area contributed by atoms with Crippen LogP contribution in [0.15, 0.2) is 28.7 Å². The fourth-order valence-corrected chi connectivity index (χ4v) is 1.70. The Balaban J connectivity index is 2.60. The highest BCUT2D eigenvalue weighted by Gasteiger charge is 2.22. The molecule has 1 rings (SSSR count). The summed E-state index contributed by atoms with van der Waals surface area (Å²) in [7, 11) is 0. The van der Waals surface area contributed by atoms with Crippen molar-refractivity contribution in [2.24, 2.45) is 0 Å². The first kappa shape index (κ1) is 15.0. The first-order valence-corrected chi connectivity index (χ1v) is 6.87. The number of carbonyl (C=O) groups excluding carboxylic acids is 1. The van der Waals surface area contributed by atoms with Gasteiger partial charge in [-0.15, -0.1) is 0 Å². The van der Waals surface area contributed by atoms with Gasteiger partial charge in [-0.1, -0.05) is 28.9 Å². The molecule has 0 aliphatic carbocycles. The lowest BCUT2D eigenvalue weighted by Gasteiger charge is -2.26. The summed E-state index contributed by atoms with van der Waals surface area (Å²) in [6, 6.07) is 7.46. The average Bonchev–Trinajstić information content (AvgIpc) is 2.28. The standard InChI is InChI=1S/C14H20BrNO2/c1-5-14(3,4)16-13(17)10(2)18-12-8-6-7-11(15)9-12/h6-10H,5H2,1-4H3,(H,16,17). The minimum atomic E-state index is -0.509. The summed E-state index contributed by atoms with van der Waals surface area (Å²) in [5.41, 5.74) is -0.202. The number of hydrogen-bond acceptors (Lipinski definition) is 2. The first-order valence-electron chi connectivity index (χ1n) is 6.08. The molecule has 18 heavy (non-hydrogen) atoms. The fraction of sp³-hybridized carbons (Fsp3) is 0.500. The van der Waals surface area contributed by atoms with Crippen molar-refractivity contribution < 1.29 is 9.53 Å². The van der Waals surface area contributed by atoms with E-state index in [9.17, 15) is 4.79 Å². The molecule has 1 N–H and O–H groups in total. The average molecular weight is 314 g/mol. The fourth-order valence-electron chi connectivity index (χ4n) is 1.32. The van der Waals surface area contributed by atoms with Gasteiger partial charge in [0.05, 0.1) is 0 Å². The van der Waals surface area contributed by atoms with Crippen LogP contribution < -0.4 is 10.1 Å². The summed E-state index contributed by atoms with van der Waals surface area (Å²) in [5.74, 6) is 0.586. The Labute approximate surface area is 117 Å². The molecule has 0 fully saturated rings. The van der Waals surface area contributed by atoms with Crippen molar-refractivity contribution in [2.45, 2.75) is 45.8 Å². The molecule has 3 nitrogen and oxygen atoms in total. The van der Waals surface area contributed by atoms with E-state index < -0.39 is 6.10 Å². The molecule has 0 aliphatic rings. The van der Waals surface area contributed by atoms with Gasteiger partial charge in [0.25, 0.3) is 5.91 Å². The molecule has 1 aromatic carbocycles. The van der Waals surface area contributed by atoms with Gasteiger partial charge in [-0.2, -0.15) is 0 Å². The van der Waals surface area contributed by atoms with E-state index in [-0.39, 0.29) is 11.4 Å². The number of hydrogen-bond donors (Lipinski definition) is 1. The molecule has 100 valence electrons. The molecule has 0 aromatic heterocycles. The second kappa shape index (κ2) is 6.23. The van der Waals surface area contributed by atoms with Crippen LogP contribution in [0.1, 0.15) is 34.1 Å². The van der Waals surface area contributed by atoms with Gasteiger partial charge in [0.1, 0.15) is 5.75 Å². The van der Waals surface area contributed by atoms with E-state index in [1.807, 2.05) is 45.0 Å². The molecule has 1 aromatic rings. The maximum absolute atomic E-state index is 12.0. The molecule has 0 bridgehead atoms. The second-order valence-electron chi connectivity index (χ2n) is 4.94. The number of amides is 1. The van der Waals surface area contributed by atoms with E-state index in [1.54, 1.807) is 6.92 Å². The van der Waals surface area contributed by atoms with Gasteiger partial charge in [-0.25, -0.2) is 0 Å². The van der Waals surface area contributed by atoms with Gasteiger partial charge in [-0.05, 0) is 45.4 Å². The van der Waals surface area contributed by atoms with E-state index in [4.69, 9.17) is 4.74 Å². The Morgan fingerprint density at radius 3 is 2.72 bits per heavy atom. The van der Waals surface area contributed by atoms with Gasteiger partial charge in [0.15, 0.2) is 6.10 Å². The normalized spacial score (nSPS) is 12.9. The van der Waals surface area contributed by atoms with Crippen LogP contribution in [0, 0.1) is 0 Å². The summed E-state index contributed by atoms with van der Waals surface area (Å²) < 4.78 is 6.54. The van der Waals surface area contributed by atoms with Crippen LogP contribution in [0.2, 0.25) is 0 Å². The molecule has 1 atom stereocenters. The summed E-state index contributed by atoms with van der Waals surface area (Å²) >= 11 is 3.37. The second-order valence-corrected chi connectivity index (χ2v) is 5.86. The molecule has 0 heterocycles. The number of rotatable bonds is 5. The molecule has 0 radical (unpaired) electrons. The molecular formula is C14H20BrNO2. The number of nitrogens with one attached hydrogen (secondary N) is 1. The van der Waals surface area contributed by atoms with Crippen molar-refractivity contribution in [3.05, 3.63) is 28.7 Å². The van der Waals surface area contributed by atoms with Gasteiger partial charge >= 0.3 is 0 Å². The van der Waals surface area contributed by atoms with E-state index >= 15 is 0 Å². The van der Waals surface area contributed by atoms with E-state index in [0.717, 1.165) is 10.9 Å². The van der Waals surface area contributed by atoms with Crippen molar-refractivity contribution in [1.82, 2.24) is 5.32 Å². The smallest absolute Gasteiger partial charge is 0.261 e. The monoisotopic (exact) mass is 313 g/mol. The number of ether oxygens (including phenoxy) is 1. The predicted molar refractivity (Wildman–Crippen MR) is 76.7 cm³/mol. The third-order valence-electron chi connectivity index (χ3n) is 2.82. The highest BCUT2D eigenvalue weighted by Crippen LogP contribution is 2.19. The molecule has 0 saturated carbocycles. The van der Waals surface area contributed by atoms with Crippen LogP contribution in [0.5, 0.6) is 5.75 Å². The lowest BCUT2D eigenvalue weighted by atomic mass is 10.0. The summed E-state index contributed by atoms with van der Waals surface area (Å²) in [4.78, 5) is 12.0. The Kier molecular flexibility index (Phi) is 5.20. The number of benzene rings is 1. The van der Waals surface area contributed by atoms with Crippen LogP contribution in [-0.2, 0) is 4.79 Å². The highest BCUT2D eigenvalue weighted by atomic mass is 79.9. The van der Waals surface area contributed by atoms with Gasteiger partial charge in [0, 0.05) is 10.0 Å². The van der Waals surface area contributed by atoms with Crippen LogP contribution >= 0.6 is 15.9 Å². The topological polar surface area (TPSA) is 38.3 Å². The van der Waals surface area contributed by atoms with Gasteiger partial charge in [-0.3, -0.25) is 4.79 Å². The summed E-state index contributed by atoms with van der Waals surface area (Å²) in [6.07, 6.45) is 0.368.